The molecule has 0 amide bonds. The van der Waals surface area contributed by atoms with Crippen LogP contribution in [-0.2, 0) is 6.54 Å². The highest BCUT2D eigenvalue weighted by Crippen LogP contribution is 2.32. The van der Waals surface area contributed by atoms with E-state index in [-0.39, 0.29) is 11.9 Å². The molecule has 1 aromatic heterocycles. The molecule has 2 aromatic rings. The molecule has 3 rings (SSSR count). The van der Waals surface area contributed by atoms with Crippen molar-refractivity contribution in [2.75, 3.05) is 6.54 Å². The minimum Gasteiger partial charge on any atom is -0.424 e. The molecule has 0 saturated carbocycles. The highest BCUT2D eigenvalue weighted by Gasteiger charge is 2.25. The van der Waals surface area contributed by atoms with Crippen LogP contribution in [0.1, 0.15) is 42.6 Å². The van der Waals surface area contributed by atoms with E-state index >= 15 is 0 Å². The summed E-state index contributed by atoms with van der Waals surface area (Å²) in [4.78, 5) is 2.30. The summed E-state index contributed by atoms with van der Waals surface area (Å²) in [6.45, 7) is 3.39. The van der Waals surface area contributed by atoms with Crippen LogP contribution in [0.5, 0.6) is 0 Å². The van der Waals surface area contributed by atoms with Gasteiger partial charge in [-0.3, -0.25) is 4.90 Å². The van der Waals surface area contributed by atoms with Gasteiger partial charge in [0, 0.05) is 13.0 Å². The van der Waals surface area contributed by atoms with Gasteiger partial charge in [-0.05, 0) is 37.1 Å². The Labute approximate surface area is 117 Å². The summed E-state index contributed by atoms with van der Waals surface area (Å²) >= 11 is 0. The molecule has 106 valence electrons. The van der Waals surface area contributed by atoms with E-state index in [1.807, 2.05) is 6.07 Å². The molecule has 2 heterocycles. The predicted octanol–water partition coefficient (Wildman–Crippen LogP) is 3.24. The van der Waals surface area contributed by atoms with Crippen molar-refractivity contribution >= 4 is 0 Å². The van der Waals surface area contributed by atoms with Gasteiger partial charge in [-0.15, -0.1) is 10.2 Å². The number of hydrogen-bond donors (Lipinski definition) is 0. The summed E-state index contributed by atoms with van der Waals surface area (Å²) < 4.78 is 18.9. The molecular weight excluding hydrogens is 257 g/mol. The number of aryl methyl sites for hydroxylation is 1. The molecule has 5 heteroatoms. The highest BCUT2D eigenvalue weighted by molar-refractivity contribution is 5.20. The fourth-order valence-corrected chi connectivity index (χ4v) is 2.85. The maximum atomic E-state index is 13.4. The van der Waals surface area contributed by atoms with Gasteiger partial charge in [0.2, 0.25) is 11.8 Å². The second-order valence-electron chi connectivity index (χ2n) is 5.25. The average Bonchev–Trinajstić information content (AvgIpc) is 2.85. The summed E-state index contributed by atoms with van der Waals surface area (Å²) in [7, 11) is 0. The molecule has 0 unspecified atom stereocenters. The SMILES string of the molecule is Cc1nnc(CN2CCCC[C@@H]2c2cccc(F)c2)o1. The van der Waals surface area contributed by atoms with Crippen LogP contribution in [0.25, 0.3) is 0 Å². The summed E-state index contributed by atoms with van der Waals surface area (Å²) in [5.41, 5.74) is 1.03. The highest BCUT2D eigenvalue weighted by atomic mass is 19.1. The van der Waals surface area contributed by atoms with Gasteiger partial charge >= 0.3 is 0 Å². The van der Waals surface area contributed by atoms with E-state index in [1.54, 1.807) is 19.1 Å². The monoisotopic (exact) mass is 275 g/mol. The summed E-state index contributed by atoms with van der Waals surface area (Å²) in [5, 5.41) is 7.91. The molecule has 20 heavy (non-hydrogen) atoms. The lowest BCUT2D eigenvalue weighted by molar-refractivity contribution is 0.127. The zero-order valence-corrected chi connectivity index (χ0v) is 11.6. The van der Waals surface area contributed by atoms with Crippen LogP contribution in [0.15, 0.2) is 28.7 Å². The van der Waals surface area contributed by atoms with Crippen molar-refractivity contribution in [1.82, 2.24) is 15.1 Å². The van der Waals surface area contributed by atoms with Crippen LogP contribution in [-0.4, -0.2) is 21.6 Å². The minimum absolute atomic E-state index is 0.179. The Hall–Kier alpha value is -1.75. The fraction of sp³-hybridized carbons (Fsp3) is 0.467. The van der Waals surface area contributed by atoms with E-state index in [1.165, 1.54) is 12.5 Å². The molecule has 1 aliphatic heterocycles. The third kappa shape index (κ3) is 2.88. The smallest absolute Gasteiger partial charge is 0.230 e. The molecule has 1 aromatic carbocycles. The summed E-state index contributed by atoms with van der Waals surface area (Å²) in [6, 6.07) is 7.10. The van der Waals surface area contributed by atoms with Gasteiger partial charge in [-0.1, -0.05) is 18.6 Å². The molecule has 1 aliphatic rings. The maximum Gasteiger partial charge on any atom is 0.230 e. The number of benzene rings is 1. The Morgan fingerprint density at radius 3 is 3.00 bits per heavy atom. The number of piperidine rings is 1. The zero-order valence-electron chi connectivity index (χ0n) is 11.6. The Morgan fingerprint density at radius 2 is 2.25 bits per heavy atom. The van der Waals surface area contributed by atoms with Gasteiger partial charge in [0.25, 0.3) is 0 Å². The number of hydrogen-bond acceptors (Lipinski definition) is 4. The largest absolute Gasteiger partial charge is 0.424 e. The quantitative estimate of drug-likeness (QED) is 0.862. The molecule has 0 aliphatic carbocycles. The van der Waals surface area contributed by atoms with E-state index in [4.69, 9.17) is 4.42 Å². The van der Waals surface area contributed by atoms with Gasteiger partial charge in [0.15, 0.2) is 0 Å². The third-order valence-corrected chi connectivity index (χ3v) is 3.75. The fourth-order valence-electron chi connectivity index (χ4n) is 2.85. The Balaban J connectivity index is 1.80. The van der Waals surface area contributed by atoms with E-state index < -0.39 is 0 Å². The lowest BCUT2D eigenvalue weighted by atomic mass is 9.95. The van der Waals surface area contributed by atoms with Gasteiger partial charge in [-0.2, -0.15) is 0 Å². The molecule has 1 saturated heterocycles. The first kappa shape index (κ1) is 13.2. The van der Waals surface area contributed by atoms with E-state index in [9.17, 15) is 4.39 Å². The van der Waals surface area contributed by atoms with Crippen molar-refractivity contribution in [2.24, 2.45) is 0 Å². The summed E-state index contributed by atoms with van der Waals surface area (Å²) in [5.74, 6) is 1.03. The number of nitrogens with zero attached hydrogens (tertiary/aromatic N) is 3. The number of aromatic nitrogens is 2. The first-order chi connectivity index (χ1) is 9.72. The normalized spacial score (nSPS) is 20.2. The average molecular weight is 275 g/mol. The van der Waals surface area contributed by atoms with E-state index in [0.717, 1.165) is 24.9 Å². The molecule has 1 atom stereocenters. The first-order valence-corrected chi connectivity index (χ1v) is 7.01. The topological polar surface area (TPSA) is 42.2 Å². The van der Waals surface area contributed by atoms with Crippen LogP contribution in [0.4, 0.5) is 4.39 Å². The standard InChI is InChI=1S/C15H18FN3O/c1-11-17-18-15(20-11)10-19-8-3-2-7-14(19)12-5-4-6-13(16)9-12/h4-6,9,14H,2-3,7-8,10H2,1H3/t14-/m1/s1. The van der Waals surface area contributed by atoms with E-state index in [0.29, 0.717) is 18.3 Å². The lowest BCUT2D eigenvalue weighted by Crippen LogP contribution is -2.33. The third-order valence-electron chi connectivity index (χ3n) is 3.75. The van der Waals surface area contributed by atoms with Crippen molar-refractivity contribution in [2.45, 2.75) is 38.8 Å². The number of likely N-dealkylation sites (tertiary alicyclic amines) is 1. The van der Waals surface area contributed by atoms with Crippen molar-refractivity contribution < 1.29 is 8.81 Å². The van der Waals surface area contributed by atoms with Crippen molar-refractivity contribution in [1.29, 1.82) is 0 Å². The van der Waals surface area contributed by atoms with Gasteiger partial charge in [0.1, 0.15) is 5.82 Å². The van der Waals surface area contributed by atoms with Crippen molar-refractivity contribution in [3.8, 4) is 0 Å². The van der Waals surface area contributed by atoms with Crippen LogP contribution >= 0.6 is 0 Å². The second-order valence-corrected chi connectivity index (χ2v) is 5.25. The lowest BCUT2D eigenvalue weighted by Gasteiger charge is -2.35. The Kier molecular flexibility index (Phi) is 3.78. The maximum absolute atomic E-state index is 13.4. The van der Waals surface area contributed by atoms with Crippen LogP contribution in [0, 0.1) is 12.7 Å². The van der Waals surface area contributed by atoms with Crippen molar-refractivity contribution in [3.05, 3.63) is 47.4 Å². The van der Waals surface area contributed by atoms with Gasteiger partial charge in [0.05, 0.1) is 6.54 Å². The number of halogens is 1. The second kappa shape index (κ2) is 5.71. The number of rotatable bonds is 3. The molecule has 0 N–H and O–H groups in total. The zero-order chi connectivity index (χ0) is 13.9. The first-order valence-electron chi connectivity index (χ1n) is 7.01. The molecule has 4 nitrogen and oxygen atoms in total. The van der Waals surface area contributed by atoms with E-state index in [2.05, 4.69) is 15.1 Å². The van der Waals surface area contributed by atoms with Gasteiger partial charge < -0.3 is 4.42 Å². The molecule has 0 spiro atoms. The van der Waals surface area contributed by atoms with Crippen LogP contribution < -0.4 is 0 Å². The molecule has 0 radical (unpaired) electrons. The summed E-state index contributed by atoms with van der Waals surface area (Å²) in [6.07, 6.45) is 3.36. The Bertz CT molecular complexity index is 584. The van der Waals surface area contributed by atoms with Crippen LogP contribution in [0.2, 0.25) is 0 Å². The predicted molar refractivity (Wildman–Crippen MR) is 72.4 cm³/mol. The van der Waals surface area contributed by atoms with Crippen molar-refractivity contribution in [3.63, 3.8) is 0 Å². The van der Waals surface area contributed by atoms with Crippen LogP contribution in [0.3, 0.4) is 0 Å². The minimum atomic E-state index is -0.179. The Morgan fingerprint density at radius 1 is 1.35 bits per heavy atom. The molecule has 0 bridgehead atoms. The van der Waals surface area contributed by atoms with Gasteiger partial charge in [-0.25, -0.2) is 4.39 Å². The molecular formula is C15H18FN3O. The molecule has 1 fully saturated rings.